The van der Waals surface area contributed by atoms with E-state index in [0.717, 1.165) is 5.56 Å². The van der Waals surface area contributed by atoms with Crippen molar-refractivity contribution in [1.29, 1.82) is 0 Å². The molecule has 0 bridgehead atoms. The SMILES string of the molecule is COc1cccc2nc(-c3cccc(O)c3)nn12. The predicted molar refractivity (Wildman–Crippen MR) is 66.6 cm³/mol. The third-order valence-electron chi connectivity index (χ3n) is 2.64. The van der Waals surface area contributed by atoms with Crippen molar-refractivity contribution in [3.05, 3.63) is 42.5 Å². The van der Waals surface area contributed by atoms with Crippen LogP contribution >= 0.6 is 0 Å². The first-order chi connectivity index (χ1) is 8.78. The maximum absolute atomic E-state index is 9.46. The number of pyridine rings is 1. The summed E-state index contributed by atoms with van der Waals surface area (Å²) < 4.78 is 6.84. The van der Waals surface area contributed by atoms with Gasteiger partial charge in [-0.2, -0.15) is 4.52 Å². The maximum atomic E-state index is 9.46. The summed E-state index contributed by atoms with van der Waals surface area (Å²) in [7, 11) is 1.59. The first-order valence-electron chi connectivity index (χ1n) is 5.47. The lowest BCUT2D eigenvalue weighted by Gasteiger charge is -1.99. The van der Waals surface area contributed by atoms with Crippen LogP contribution in [0.3, 0.4) is 0 Å². The molecule has 0 spiro atoms. The van der Waals surface area contributed by atoms with Crippen molar-refractivity contribution in [3.8, 4) is 23.0 Å². The largest absolute Gasteiger partial charge is 0.508 e. The van der Waals surface area contributed by atoms with Gasteiger partial charge >= 0.3 is 0 Å². The van der Waals surface area contributed by atoms with Gasteiger partial charge in [0.1, 0.15) is 5.75 Å². The smallest absolute Gasteiger partial charge is 0.216 e. The average molecular weight is 241 g/mol. The van der Waals surface area contributed by atoms with E-state index in [1.807, 2.05) is 24.3 Å². The van der Waals surface area contributed by atoms with E-state index in [1.165, 1.54) is 0 Å². The topological polar surface area (TPSA) is 59.7 Å². The Bertz CT molecular complexity index is 706. The molecule has 2 aromatic heterocycles. The molecule has 5 heteroatoms. The molecule has 0 unspecified atom stereocenters. The van der Waals surface area contributed by atoms with E-state index in [4.69, 9.17) is 4.74 Å². The van der Waals surface area contributed by atoms with Gasteiger partial charge in [-0.3, -0.25) is 0 Å². The van der Waals surface area contributed by atoms with Gasteiger partial charge in [0.05, 0.1) is 7.11 Å². The number of aromatic hydroxyl groups is 1. The number of aromatic nitrogens is 3. The standard InChI is InChI=1S/C13H11N3O2/c1-18-12-7-3-6-11-14-13(15-16(11)12)9-4-2-5-10(17)8-9/h2-8,17H,1H3. The number of phenols is 1. The van der Waals surface area contributed by atoms with Crippen LogP contribution < -0.4 is 4.74 Å². The van der Waals surface area contributed by atoms with Crippen molar-refractivity contribution in [2.24, 2.45) is 0 Å². The van der Waals surface area contributed by atoms with Crippen molar-refractivity contribution < 1.29 is 9.84 Å². The fraction of sp³-hybridized carbons (Fsp3) is 0.0769. The molecule has 0 aliphatic carbocycles. The Labute approximate surface area is 103 Å². The quantitative estimate of drug-likeness (QED) is 0.746. The third kappa shape index (κ3) is 1.66. The van der Waals surface area contributed by atoms with E-state index < -0.39 is 0 Å². The van der Waals surface area contributed by atoms with Gasteiger partial charge in [0.25, 0.3) is 0 Å². The molecule has 0 atom stereocenters. The molecule has 3 aromatic rings. The lowest BCUT2D eigenvalue weighted by atomic mass is 10.2. The minimum atomic E-state index is 0.193. The number of ether oxygens (including phenoxy) is 1. The van der Waals surface area contributed by atoms with Gasteiger partial charge in [-0.25, -0.2) is 4.98 Å². The van der Waals surface area contributed by atoms with E-state index in [1.54, 1.807) is 29.8 Å². The summed E-state index contributed by atoms with van der Waals surface area (Å²) in [5, 5.41) is 13.8. The number of benzene rings is 1. The third-order valence-corrected chi connectivity index (χ3v) is 2.64. The van der Waals surface area contributed by atoms with Crippen molar-refractivity contribution >= 4 is 5.65 Å². The number of phenolic OH excluding ortho intramolecular Hbond substituents is 1. The van der Waals surface area contributed by atoms with E-state index in [-0.39, 0.29) is 5.75 Å². The minimum Gasteiger partial charge on any atom is -0.508 e. The molecule has 5 nitrogen and oxygen atoms in total. The van der Waals surface area contributed by atoms with Gasteiger partial charge in [0.2, 0.25) is 5.88 Å². The highest BCUT2D eigenvalue weighted by atomic mass is 16.5. The van der Waals surface area contributed by atoms with Gasteiger partial charge in [0.15, 0.2) is 11.5 Å². The van der Waals surface area contributed by atoms with Crippen LogP contribution in [0.5, 0.6) is 11.6 Å². The van der Waals surface area contributed by atoms with Crippen molar-refractivity contribution in [2.75, 3.05) is 7.11 Å². The summed E-state index contributed by atoms with van der Waals surface area (Å²) in [5.41, 5.74) is 1.47. The molecular formula is C13H11N3O2. The molecule has 0 saturated carbocycles. The van der Waals surface area contributed by atoms with E-state index in [2.05, 4.69) is 10.1 Å². The number of rotatable bonds is 2. The Morgan fingerprint density at radius 2 is 2.00 bits per heavy atom. The molecule has 2 heterocycles. The normalized spacial score (nSPS) is 10.7. The monoisotopic (exact) mass is 241 g/mol. The highest BCUT2D eigenvalue weighted by Crippen LogP contribution is 2.22. The second-order valence-corrected chi connectivity index (χ2v) is 3.82. The lowest BCUT2D eigenvalue weighted by Crippen LogP contribution is -1.94. The number of hydrogen-bond acceptors (Lipinski definition) is 4. The van der Waals surface area contributed by atoms with Gasteiger partial charge in [0, 0.05) is 11.6 Å². The first kappa shape index (κ1) is 10.6. The second-order valence-electron chi connectivity index (χ2n) is 3.82. The van der Waals surface area contributed by atoms with Gasteiger partial charge in [-0.15, -0.1) is 5.10 Å². The molecule has 0 radical (unpaired) electrons. The molecule has 0 aliphatic heterocycles. The summed E-state index contributed by atoms with van der Waals surface area (Å²) in [6.45, 7) is 0. The lowest BCUT2D eigenvalue weighted by molar-refractivity contribution is 0.386. The zero-order chi connectivity index (χ0) is 12.5. The van der Waals surface area contributed by atoms with E-state index in [9.17, 15) is 5.11 Å². The highest BCUT2D eigenvalue weighted by molar-refractivity contribution is 5.60. The molecule has 0 fully saturated rings. The van der Waals surface area contributed by atoms with Gasteiger partial charge in [-0.1, -0.05) is 18.2 Å². The number of hydrogen-bond donors (Lipinski definition) is 1. The average Bonchev–Trinajstić information content (AvgIpc) is 2.82. The van der Waals surface area contributed by atoms with Crippen LogP contribution in [0.2, 0.25) is 0 Å². The summed E-state index contributed by atoms with van der Waals surface area (Å²) in [4.78, 5) is 4.39. The van der Waals surface area contributed by atoms with Gasteiger partial charge in [-0.05, 0) is 18.2 Å². The maximum Gasteiger partial charge on any atom is 0.216 e. The Morgan fingerprint density at radius 1 is 1.17 bits per heavy atom. The van der Waals surface area contributed by atoms with Crippen LogP contribution in [0.4, 0.5) is 0 Å². The second kappa shape index (κ2) is 4.03. The molecule has 0 amide bonds. The van der Waals surface area contributed by atoms with Crippen LogP contribution in [0.25, 0.3) is 17.0 Å². The van der Waals surface area contributed by atoms with Crippen molar-refractivity contribution in [1.82, 2.24) is 14.6 Å². The van der Waals surface area contributed by atoms with Crippen molar-refractivity contribution in [3.63, 3.8) is 0 Å². The van der Waals surface area contributed by atoms with Crippen LogP contribution in [0.1, 0.15) is 0 Å². The fourth-order valence-corrected chi connectivity index (χ4v) is 1.80. The molecule has 0 saturated heterocycles. The summed E-state index contributed by atoms with van der Waals surface area (Å²) in [6.07, 6.45) is 0. The zero-order valence-corrected chi connectivity index (χ0v) is 9.74. The summed E-state index contributed by atoms with van der Waals surface area (Å²) in [5.74, 6) is 1.36. The number of methoxy groups -OCH3 is 1. The van der Waals surface area contributed by atoms with E-state index >= 15 is 0 Å². The molecule has 3 rings (SSSR count). The van der Waals surface area contributed by atoms with E-state index in [0.29, 0.717) is 17.4 Å². The summed E-state index contributed by atoms with van der Waals surface area (Å²) >= 11 is 0. The van der Waals surface area contributed by atoms with Gasteiger partial charge < -0.3 is 9.84 Å². The molecule has 90 valence electrons. The summed E-state index contributed by atoms with van der Waals surface area (Å²) in [6, 6.07) is 12.4. The molecule has 0 aliphatic rings. The van der Waals surface area contributed by atoms with Crippen LogP contribution in [0.15, 0.2) is 42.5 Å². The Morgan fingerprint density at radius 3 is 2.78 bits per heavy atom. The van der Waals surface area contributed by atoms with Crippen molar-refractivity contribution in [2.45, 2.75) is 0 Å². The zero-order valence-electron chi connectivity index (χ0n) is 9.74. The number of nitrogens with zero attached hydrogens (tertiary/aromatic N) is 3. The Kier molecular flexibility index (Phi) is 2.37. The highest BCUT2D eigenvalue weighted by Gasteiger charge is 2.09. The van der Waals surface area contributed by atoms with Crippen LogP contribution in [-0.4, -0.2) is 26.8 Å². The Balaban J connectivity index is 2.19. The predicted octanol–water partition coefficient (Wildman–Crippen LogP) is 2.11. The van der Waals surface area contributed by atoms with Crippen LogP contribution in [0, 0.1) is 0 Å². The molecular weight excluding hydrogens is 230 g/mol. The molecule has 1 N–H and O–H groups in total. The molecule has 18 heavy (non-hydrogen) atoms. The fourth-order valence-electron chi connectivity index (χ4n) is 1.80. The molecule has 1 aromatic carbocycles. The minimum absolute atomic E-state index is 0.193. The van der Waals surface area contributed by atoms with Crippen LogP contribution in [-0.2, 0) is 0 Å². The Hall–Kier alpha value is -2.56. The number of fused-ring (bicyclic) bond motifs is 1. The first-order valence-corrected chi connectivity index (χ1v) is 5.47.